The molecule has 2 rings (SSSR count). The van der Waals surface area contributed by atoms with Crippen molar-refractivity contribution in [3.05, 3.63) is 58.6 Å². The summed E-state index contributed by atoms with van der Waals surface area (Å²) in [4.78, 5) is 12.1. The van der Waals surface area contributed by atoms with Gasteiger partial charge in [0.1, 0.15) is 10.6 Å². The molecule has 0 aromatic heterocycles. The maximum Gasteiger partial charge on any atom is 0.241 e. The Morgan fingerprint density at radius 3 is 2.57 bits per heavy atom. The minimum absolute atomic E-state index is 0.122. The number of nitrogens with one attached hydrogen (secondary N) is 1. The van der Waals surface area contributed by atoms with Crippen LogP contribution in [0.15, 0.2) is 47.4 Å². The Labute approximate surface area is 171 Å². The van der Waals surface area contributed by atoms with E-state index in [-0.39, 0.29) is 16.4 Å². The predicted molar refractivity (Wildman–Crippen MR) is 111 cm³/mol. The zero-order valence-corrected chi connectivity index (χ0v) is 17.4. The number of methoxy groups -OCH3 is 1. The van der Waals surface area contributed by atoms with Crippen LogP contribution in [0.3, 0.4) is 0 Å². The van der Waals surface area contributed by atoms with E-state index in [9.17, 15) is 13.2 Å². The van der Waals surface area contributed by atoms with Crippen molar-refractivity contribution in [1.29, 1.82) is 0 Å². The van der Waals surface area contributed by atoms with Gasteiger partial charge in [0.2, 0.25) is 10.0 Å². The molecule has 152 valence electrons. The number of nitrogens with two attached hydrogens (primary N) is 1. The molecule has 6 nitrogen and oxygen atoms in total. The van der Waals surface area contributed by atoms with Crippen LogP contribution in [0.4, 0.5) is 0 Å². The molecule has 0 unspecified atom stereocenters. The normalized spacial score (nSPS) is 11.4. The summed E-state index contributed by atoms with van der Waals surface area (Å²) in [5.41, 5.74) is 1.42. The lowest BCUT2D eigenvalue weighted by molar-refractivity contribution is 0.0979. The Hall–Kier alpha value is -1.93. The Balaban J connectivity index is 1.75. The van der Waals surface area contributed by atoms with Crippen LogP contribution in [-0.2, 0) is 16.4 Å². The molecule has 0 radical (unpaired) electrons. The van der Waals surface area contributed by atoms with Crippen molar-refractivity contribution >= 4 is 27.4 Å². The Kier molecular flexibility index (Phi) is 8.44. The van der Waals surface area contributed by atoms with Crippen LogP contribution in [0.5, 0.6) is 5.75 Å². The highest BCUT2D eigenvalue weighted by molar-refractivity contribution is 7.89. The number of hydrogen-bond donors (Lipinski definition) is 2. The van der Waals surface area contributed by atoms with Crippen molar-refractivity contribution in [1.82, 2.24) is 5.32 Å². The van der Waals surface area contributed by atoms with Crippen LogP contribution in [0.2, 0.25) is 5.02 Å². The number of hydrogen-bond acceptors (Lipinski definition) is 5. The maximum absolute atomic E-state index is 12.3. The van der Waals surface area contributed by atoms with Crippen LogP contribution in [0, 0.1) is 0 Å². The van der Waals surface area contributed by atoms with E-state index in [2.05, 4.69) is 5.32 Å². The molecule has 0 aliphatic heterocycles. The minimum atomic E-state index is -3.96. The van der Waals surface area contributed by atoms with Gasteiger partial charge in [-0.15, -0.1) is 0 Å². The standard InChI is InChI=1S/C20H25ClN2O4S/c1-27-19-10-9-16(14-20(19)28(22,25)26)18(24)8-4-5-12-23-13-11-15-6-2-3-7-17(15)21/h2-3,6-7,9-10,14,23H,4-5,8,11-13H2,1H3,(H2,22,25,26). The molecule has 0 saturated carbocycles. The largest absolute Gasteiger partial charge is 0.495 e. The van der Waals surface area contributed by atoms with Crippen molar-refractivity contribution in [3.8, 4) is 5.75 Å². The van der Waals surface area contributed by atoms with Gasteiger partial charge >= 0.3 is 0 Å². The molecule has 0 aliphatic carbocycles. The first kappa shape index (κ1) is 22.4. The van der Waals surface area contributed by atoms with Crippen LogP contribution in [0.1, 0.15) is 35.2 Å². The second kappa shape index (κ2) is 10.6. The molecular formula is C20H25ClN2O4S. The molecule has 8 heteroatoms. The number of sulfonamides is 1. The van der Waals surface area contributed by atoms with E-state index in [1.54, 1.807) is 6.07 Å². The van der Waals surface area contributed by atoms with Crippen molar-refractivity contribution in [2.24, 2.45) is 5.14 Å². The monoisotopic (exact) mass is 424 g/mol. The second-order valence-corrected chi connectivity index (χ2v) is 8.32. The minimum Gasteiger partial charge on any atom is -0.495 e. The molecular weight excluding hydrogens is 400 g/mol. The van der Waals surface area contributed by atoms with Crippen molar-refractivity contribution in [3.63, 3.8) is 0 Å². The van der Waals surface area contributed by atoms with E-state index in [0.717, 1.165) is 36.5 Å². The van der Waals surface area contributed by atoms with Crippen LogP contribution < -0.4 is 15.2 Å². The number of ketones is 1. The number of Topliss-reactive ketones (excluding diaryl/α,β-unsaturated/α-hetero) is 1. The first-order chi connectivity index (χ1) is 13.3. The molecule has 0 atom stereocenters. The van der Waals surface area contributed by atoms with Gasteiger partial charge in [-0.2, -0.15) is 0 Å². The van der Waals surface area contributed by atoms with Gasteiger partial charge in [-0.1, -0.05) is 29.8 Å². The van der Waals surface area contributed by atoms with E-state index in [0.29, 0.717) is 18.4 Å². The first-order valence-corrected chi connectivity index (χ1v) is 10.9. The van der Waals surface area contributed by atoms with Crippen LogP contribution in [-0.4, -0.2) is 34.4 Å². The molecule has 0 fully saturated rings. The number of halogens is 1. The lowest BCUT2D eigenvalue weighted by atomic mass is 10.1. The maximum atomic E-state index is 12.3. The van der Waals surface area contributed by atoms with Gasteiger partial charge in [-0.05, 0) is 62.2 Å². The number of unbranched alkanes of at least 4 members (excludes halogenated alkanes) is 1. The lowest BCUT2D eigenvalue weighted by Gasteiger charge is -2.09. The number of ether oxygens (including phenoxy) is 1. The number of carbonyl (C=O) groups excluding carboxylic acids is 1. The molecule has 0 saturated heterocycles. The van der Waals surface area contributed by atoms with E-state index in [1.165, 1.54) is 19.2 Å². The third-order valence-corrected chi connectivity index (χ3v) is 5.63. The van der Waals surface area contributed by atoms with E-state index >= 15 is 0 Å². The topological polar surface area (TPSA) is 98.5 Å². The van der Waals surface area contributed by atoms with Crippen molar-refractivity contribution in [2.45, 2.75) is 30.6 Å². The van der Waals surface area contributed by atoms with E-state index in [4.69, 9.17) is 21.5 Å². The zero-order valence-electron chi connectivity index (χ0n) is 15.8. The average Bonchev–Trinajstić information content (AvgIpc) is 2.67. The second-order valence-electron chi connectivity index (χ2n) is 6.38. The highest BCUT2D eigenvalue weighted by Gasteiger charge is 2.17. The highest BCUT2D eigenvalue weighted by Crippen LogP contribution is 2.24. The Morgan fingerprint density at radius 1 is 1.14 bits per heavy atom. The van der Waals surface area contributed by atoms with Crippen molar-refractivity contribution in [2.75, 3.05) is 20.2 Å². The zero-order chi connectivity index (χ0) is 20.6. The SMILES string of the molecule is COc1ccc(C(=O)CCCCNCCc2ccccc2Cl)cc1S(N)(=O)=O. The third kappa shape index (κ3) is 6.60. The molecule has 0 amide bonds. The van der Waals surface area contributed by atoms with Gasteiger partial charge in [0.05, 0.1) is 7.11 Å². The van der Waals surface area contributed by atoms with Gasteiger partial charge in [-0.25, -0.2) is 13.6 Å². The molecule has 0 spiro atoms. The van der Waals surface area contributed by atoms with E-state index in [1.807, 2.05) is 24.3 Å². The van der Waals surface area contributed by atoms with Crippen LogP contribution >= 0.6 is 11.6 Å². The lowest BCUT2D eigenvalue weighted by Crippen LogP contribution is -2.19. The molecule has 0 heterocycles. The fourth-order valence-corrected chi connectivity index (χ4v) is 3.75. The summed E-state index contributed by atoms with van der Waals surface area (Å²) in [6, 6.07) is 12.0. The first-order valence-electron chi connectivity index (χ1n) is 9.01. The third-order valence-electron chi connectivity index (χ3n) is 4.33. The number of carbonyl (C=O) groups is 1. The molecule has 0 bridgehead atoms. The van der Waals surface area contributed by atoms with Gasteiger partial charge in [0, 0.05) is 17.0 Å². The smallest absolute Gasteiger partial charge is 0.241 e. The molecule has 0 aliphatic rings. The predicted octanol–water partition coefficient (Wildman–Crippen LogP) is 3.18. The van der Waals surface area contributed by atoms with Gasteiger partial charge in [0.15, 0.2) is 5.78 Å². The van der Waals surface area contributed by atoms with Crippen LogP contribution in [0.25, 0.3) is 0 Å². The van der Waals surface area contributed by atoms with Gasteiger partial charge in [-0.3, -0.25) is 4.79 Å². The average molecular weight is 425 g/mol. The Morgan fingerprint density at radius 2 is 1.89 bits per heavy atom. The quantitative estimate of drug-likeness (QED) is 0.426. The van der Waals surface area contributed by atoms with Gasteiger partial charge < -0.3 is 10.1 Å². The molecule has 2 aromatic carbocycles. The summed E-state index contributed by atoms with van der Waals surface area (Å²) in [7, 11) is -2.61. The molecule has 28 heavy (non-hydrogen) atoms. The summed E-state index contributed by atoms with van der Waals surface area (Å²) in [5.74, 6) is 0.00499. The number of primary sulfonamides is 1. The fraction of sp³-hybridized carbons (Fsp3) is 0.350. The van der Waals surface area contributed by atoms with E-state index < -0.39 is 10.0 Å². The highest BCUT2D eigenvalue weighted by atomic mass is 35.5. The summed E-state index contributed by atoms with van der Waals surface area (Å²) < 4.78 is 28.3. The van der Waals surface area contributed by atoms with Crippen molar-refractivity contribution < 1.29 is 17.9 Å². The Bertz CT molecular complexity index is 916. The number of rotatable bonds is 11. The van der Waals surface area contributed by atoms with Gasteiger partial charge in [0.25, 0.3) is 0 Å². The summed E-state index contributed by atoms with van der Waals surface area (Å²) in [5, 5.41) is 9.29. The number of benzene rings is 2. The fourth-order valence-electron chi connectivity index (χ4n) is 2.80. The summed E-state index contributed by atoms with van der Waals surface area (Å²) >= 11 is 6.12. The molecule has 3 N–H and O–H groups in total. The summed E-state index contributed by atoms with van der Waals surface area (Å²) in [6.07, 6.45) is 2.73. The summed E-state index contributed by atoms with van der Waals surface area (Å²) in [6.45, 7) is 1.61. The molecule has 2 aromatic rings.